The summed E-state index contributed by atoms with van der Waals surface area (Å²) in [5, 5.41) is 17.9. The first kappa shape index (κ1) is 24.8. The van der Waals surface area contributed by atoms with E-state index < -0.39 is 23.6 Å². The minimum atomic E-state index is -1.22. The zero-order valence-electron chi connectivity index (χ0n) is 19.0. The van der Waals surface area contributed by atoms with Crippen molar-refractivity contribution in [2.75, 3.05) is 13.2 Å². The van der Waals surface area contributed by atoms with Crippen LogP contribution in [-0.4, -0.2) is 52.6 Å². The van der Waals surface area contributed by atoms with Crippen molar-refractivity contribution < 1.29 is 19.4 Å². The number of carbonyl (C=O) groups is 2. The van der Waals surface area contributed by atoms with Crippen molar-refractivity contribution in [1.29, 1.82) is 0 Å². The monoisotopic (exact) mass is 437 g/mol. The lowest BCUT2D eigenvalue weighted by molar-refractivity contribution is -0.142. The molecular formula is C25H31N3O4. The average molecular weight is 438 g/mol. The molecule has 0 radical (unpaired) electrons. The van der Waals surface area contributed by atoms with Gasteiger partial charge in [-0.1, -0.05) is 72.8 Å². The summed E-state index contributed by atoms with van der Waals surface area (Å²) in [7, 11) is 0. The van der Waals surface area contributed by atoms with Crippen LogP contribution in [0.2, 0.25) is 0 Å². The zero-order valence-corrected chi connectivity index (χ0v) is 19.0. The van der Waals surface area contributed by atoms with Crippen molar-refractivity contribution in [3.63, 3.8) is 0 Å². The summed E-state index contributed by atoms with van der Waals surface area (Å²) >= 11 is 0. The number of carboxylic acids is 1. The van der Waals surface area contributed by atoms with E-state index >= 15 is 0 Å². The highest BCUT2D eigenvalue weighted by Gasteiger charge is 2.26. The van der Waals surface area contributed by atoms with Gasteiger partial charge in [-0.05, 0) is 27.7 Å². The summed E-state index contributed by atoms with van der Waals surface area (Å²) in [5.74, 6) is -1.19. The molecule has 2 amide bonds. The third-order valence-electron chi connectivity index (χ3n) is 4.25. The maximum absolute atomic E-state index is 13.1. The zero-order chi connectivity index (χ0) is 23.7. The van der Waals surface area contributed by atoms with E-state index in [1.54, 1.807) is 6.92 Å². The molecule has 0 spiro atoms. The molecule has 32 heavy (non-hydrogen) atoms. The van der Waals surface area contributed by atoms with Gasteiger partial charge < -0.3 is 15.2 Å². The predicted molar refractivity (Wildman–Crippen MR) is 126 cm³/mol. The summed E-state index contributed by atoms with van der Waals surface area (Å²) in [6.45, 7) is 11.1. The van der Waals surface area contributed by atoms with Crippen LogP contribution in [0, 0.1) is 0 Å². The number of rotatable bonds is 9. The lowest BCUT2D eigenvalue weighted by Crippen LogP contribution is -2.50. The van der Waals surface area contributed by atoms with Gasteiger partial charge in [0.1, 0.15) is 0 Å². The van der Waals surface area contributed by atoms with Crippen LogP contribution in [0.25, 0.3) is 0 Å². The summed E-state index contributed by atoms with van der Waals surface area (Å²) in [6.07, 6.45) is 0. The number of hydrazone groups is 1. The van der Waals surface area contributed by atoms with E-state index in [2.05, 4.69) is 17.0 Å². The Kier molecular flexibility index (Phi) is 8.72. The molecule has 0 saturated heterocycles. The molecule has 0 fully saturated rings. The quantitative estimate of drug-likeness (QED) is 0.348. The molecule has 2 aromatic rings. The van der Waals surface area contributed by atoms with Gasteiger partial charge in [0.15, 0.2) is 6.04 Å². The third-order valence-corrected chi connectivity index (χ3v) is 4.25. The van der Waals surface area contributed by atoms with Gasteiger partial charge in [-0.3, -0.25) is 0 Å². The van der Waals surface area contributed by atoms with E-state index in [9.17, 15) is 14.7 Å². The number of nitrogens with one attached hydrogen (secondary N) is 1. The molecule has 2 aromatic carbocycles. The lowest BCUT2D eigenvalue weighted by Gasteiger charge is -2.25. The summed E-state index contributed by atoms with van der Waals surface area (Å²) in [5.41, 5.74) is 2.39. The number of ether oxygens (including phenoxy) is 1. The van der Waals surface area contributed by atoms with Crippen molar-refractivity contribution >= 4 is 17.7 Å². The molecule has 2 rings (SSSR count). The van der Waals surface area contributed by atoms with Crippen LogP contribution in [0.3, 0.4) is 0 Å². The summed E-state index contributed by atoms with van der Waals surface area (Å²) < 4.78 is 5.57. The summed E-state index contributed by atoms with van der Waals surface area (Å²) in [6, 6.07) is 17.1. The van der Waals surface area contributed by atoms with E-state index in [1.807, 2.05) is 81.4 Å². The Morgan fingerprint density at radius 2 is 1.56 bits per heavy atom. The number of carboxylic acid groups (broad SMARTS) is 1. The van der Waals surface area contributed by atoms with Gasteiger partial charge in [0, 0.05) is 11.1 Å². The van der Waals surface area contributed by atoms with Crippen molar-refractivity contribution in [3.05, 3.63) is 83.9 Å². The van der Waals surface area contributed by atoms with Gasteiger partial charge >= 0.3 is 12.0 Å². The van der Waals surface area contributed by atoms with Gasteiger partial charge in [0.25, 0.3) is 0 Å². The molecule has 0 aliphatic rings. The molecule has 0 aromatic heterocycles. The van der Waals surface area contributed by atoms with Crippen LogP contribution < -0.4 is 5.32 Å². The first-order chi connectivity index (χ1) is 15.1. The Balaban J connectivity index is 2.39. The SMILES string of the molecule is C=C(C)CN(N=C(c1ccccc1)c1ccccc1)C(=O)N[C@@H](COC(C)(C)C)C(=O)O. The standard InChI is InChI=1S/C25H31N3O4/c1-18(2)16-28(24(31)26-21(23(29)30)17-32-25(3,4)5)27-22(19-12-8-6-9-13-19)20-14-10-7-11-15-20/h6-15,21H,1,16-17H2,2-5H3,(H,26,31)(H,29,30)/t21-/m0/s1. The van der Waals surface area contributed by atoms with Gasteiger partial charge in [0.2, 0.25) is 0 Å². The van der Waals surface area contributed by atoms with Crippen molar-refractivity contribution in [2.45, 2.75) is 39.3 Å². The fourth-order valence-corrected chi connectivity index (χ4v) is 2.73. The molecule has 170 valence electrons. The Morgan fingerprint density at radius 3 is 1.97 bits per heavy atom. The van der Waals surface area contributed by atoms with Crippen LogP contribution in [0.15, 0.2) is 77.9 Å². The van der Waals surface area contributed by atoms with E-state index in [0.717, 1.165) is 11.1 Å². The number of urea groups is 1. The third kappa shape index (κ3) is 8.00. The Labute approximate surface area is 189 Å². The molecule has 7 heteroatoms. The predicted octanol–water partition coefficient (Wildman–Crippen LogP) is 4.30. The number of nitrogens with zero attached hydrogens (tertiary/aromatic N) is 2. The number of benzene rings is 2. The van der Waals surface area contributed by atoms with Crippen molar-refractivity contribution in [3.8, 4) is 0 Å². The molecule has 0 unspecified atom stereocenters. The fraction of sp³-hybridized carbons (Fsp3) is 0.320. The number of hydrogen-bond donors (Lipinski definition) is 2. The smallest absolute Gasteiger partial charge is 0.338 e. The Hall–Kier alpha value is -3.45. The van der Waals surface area contributed by atoms with E-state index in [0.29, 0.717) is 11.3 Å². The van der Waals surface area contributed by atoms with Crippen LogP contribution in [0.1, 0.15) is 38.8 Å². The van der Waals surface area contributed by atoms with E-state index in [4.69, 9.17) is 4.74 Å². The van der Waals surface area contributed by atoms with Gasteiger partial charge in [0.05, 0.1) is 24.5 Å². The molecule has 7 nitrogen and oxygen atoms in total. The number of amides is 2. The number of hydrogen-bond acceptors (Lipinski definition) is 4. The average Bonchev–Trinajstić information content (AvgIpc) is 2.74. The molecule has 1 atom stereocenters. The van der Waals surface area contributed by atoms with Crippen LogP contribution in [0.4, 0.5) is 4.79 Å². The highest BCUT2D eigenvalue weighted by molar-refractivity contribution is 6.13. The largest absolute Gasteiger partial charge is 0.480 e. The maximum Gasteiger partial charge on any atom is 0.338 e. The van der Waals surface area contributed by atoms with Crippen LogP contribution >= 0.6 is 0 Å². The normalized spacial score (nSPS) is 11.9. The lowest BCUT2D eigenvalue weighted by atomic mass is 10.0. The molecule has 0 saturated carbocycles. The minimum Gasteiger partial charge on any atom is -0.480 e. The first-order valence-electron chi connectivity index (χ1n) is 10.4. The maximum atomic E-state index is 13.1. The molecule has 0 aliphatic heterocycles. The van der Waals surface area contributed by atoms with Gasteiger partial charge in [-0.25, -0.2) is 14.6 Å². The van der Waals surface area contributed by atoms with Crippen LogP contribution in [0.5, 0.6) is 0 Å². The topological polar surface area (TPSA) is 91.2 Å². The second kappa shape index (κ2) is 11.2. The molecular weight excluding hydrogens is 406 g/mol. The Bertz CT molecular complexity index is 909. The Morgan fingerprint density at radius 1 is 1.06 bits per heavy atom. The van der Waals surface area contributed by atoms with E-state index in [1.165, 1.54) is 5.01 Å². The highest BCUT2D eigenvalue weighted by Crippen LogP contribution is 2.13. The van der Waals surface area contributed by atoms with Gasteiger partial charge in [-0.2, -0.15) is 5.10 Å². The molecule has 0 aliphatic carbocycles. The second-order valence-corrected chi connectivity index (χ2v) is 8.46. The second-order valence-electron chi connectivity index (χ2n) is 8.46. The van der Waals surface area contributed by atoms with Gasteiger partial charge in [-0.15, -0.1) is 0 Å². The molecule has 0 bridgehead atoms. The number of carbonyl (C=O) groups excluding carboxylic acids is 1. The van der Waals surface area contributed by atoms with Crippen molar-refractivity contribution in [2.24, 2.45) is 5.10 Å². The van der Waals surface area contributed by atoms with Crippen LogP contribution in [-0.2, 0) is 9.53 Å². The van der Waals surface area contributed by atoms with E-state index in [-0.39, 0.29) is 13.2 Å². The fourth-order valence-electron chi connectivity index (χ4n) is 2.73. The molecule has 2 N–H and O–H groups in total. The van der Waals surface area contributed by atoms with Crippen molar-refractivity contribution in [1.82, 2.24) is 10.3 Å². The molecule has 0 heterocycles. The first-order valence-corrected chi connectivity index (χ1v) is 10.4. The highest BCUT2D eigenvalue weighted by atomic mass is 16.5. The number of aliphatic carboxylic acids is 1. The minimum absolute atomic E-state index is 0.126. The summed E-state index contributed by atoms with van der Waals surface area (Å²) in [4.78, 5) is 24.8.